The maximum absolute atomic E-state index is 12.9. The molecule has 1 atom stereocenters. The fraction of sp³-hybridized carbons (Fsp3) is 0.200. The van der Waals surface area contributed by atoms with E-state index in [1.807, 2.05) is 12.1 Å². The van der Waals surface area contributed by atoms with Crippen molar-refractivity contribution in [3.63, 3.8) is 0 Å². The molecule has 18 heavy (non-hydrogen) atoms. The second-order valence-electron chi connectivity index (χ2n) is 4.78. The number of hydrogen-bond donors (Lipinski definition) is 2. The highest BCUT2D eigenvalue weighted by Crippen LogP contribution is 2.42. The van der Waals surface area contributed by atoms with E-state index in [9.17, 15) is 9.50 Å². The number of halogens is 1. The molecule has 0 heterocycles. The summed E-state index contributed by atoms with van der Waals surface area (Å²) in [6.07, 6.45) is 1.39. The summed E-state index contributed by atoms with van der Waals surface area (Å²) in [5, 5.41) is 10.8. The number of nitrogen functional groups attached to an aromatic ring is 1. The van der Waals surface area contributed by atoms with Crippen LogP contribution < -0.4 is 5.73 Å². The lowest BCUT2D eigenvalue weighted by Crippen LogP contribution is -2.23. The molecule has 0 saturated heterocycles. The Balaban J connectivity index is 2.11. The highest BCUT2D eigenvalue weighted by Gasteiger charge is 2.38. The van der Waals surface area contributed by atoms with Crippen molar-refractivity contribution in [3.05, 3.63) is 65.0 Å². The number of aliphatic hydroxyl groups is 1. The zero-order valence-corrected chi connectivity index (χ0v) is 9.86. The summed E-state index contributed by atoms with van der Waals surface area (Å²) in [6.45, 7) is 0. The number of fused-ring (bicyclic) bond motifs is 1. The third-order valence-corrected chi connectivity index (χ3v) is 3.65. The third-order valence-electron chi connectivity index (χ3n) is 3.65. The molecule has 1 aliphatic rings. The van der Waals surface area contributed by atoms with Gasteiger partial charge in [0.15, 0.2) is 0 Å². The van der Waals surface area contributed by atoms with Crippen molar-refractivity contribution in [2.24, 2.45) is 0 Å². The van der Waals surface area contributed by atoms with E-state index in [-0.39, 0.29) is 5.82 Å². The van der Waals surface area contributed by atoms with E-state index in [1.165, 1.54) is 12.1 Å². The summed E-state index contributed by atoms with van der Waals surface area (Å²) in [4.78, 5) is 0. The van der Waals surface area contributed by atoms with Gasteiger partial charge in [0.1, 0.15) is 11.4 Å². The molecule has 0 spiro atoms. The molecule has 3 N–H and O–H groups in total. The van der Waals surface area contributed by atoms with E-state index in [4.69, 9.17) is 5.73 Å². The highest BCUT2D eigenvalue weighted by molar-refractivity contribution is 5.52. The number of hydrogen-bond acceptors (Lipinski definition) is 2. The standard InChI is InChI=1S/C15H14FNO/c16-12-3-1-11(2-4-12)15(18)8-7-10-9-13(17)5-6-14(10)15/h1-6,9,18H,7-8,17H2. The Bertz CT molecular complexity index is 594. The number of nitrogens with two attached hydrogens (primary N) is 1. The number of rotatable bonds is 1. The summed E-state index contributed by atoms with van der Waals surface area (Å²) in [7, 11) is 0. The summed E-state index contributed by atoms with van der Waals surface area (Å²) in [6, 6.07) is 11.6. The van der Waals surface area contributed by atoms with Crippen LogP contribution >= 0.6 is 0 Å². The normalized spacial score (nSPS) is 21.9. The van der Waals surface area contributed by atoms with E-state index in [2.05, 4.69) is 0 Å². The molecular formula is C15H14FNO. The van der Waals surface area contributed by atoms with Crippen molar-refractivity contribution in [1.29, 1.82) is 0 Å². The average molecular weight is 243 g/mol. The van der Waals surface area contributed by atoms with Gasteiger partial charge in [0.05, 0.1) is 0 Å². The predicted octanol–water partition coefficient (Wildman–Crippen LogP) is 2.59. The lowest BCUT2D eigenvalue weighted by atomic mass is 9.88. The van der Waals surface area contributed by atoms with Crippen LogP contribution in [0.25, 0.3) is 0 Å². The molecule has 3 heteroatoms. The number of aryl methyl sites for hydroxylation is 1. The van der Waals surface area contributed by atoms with Crippen molar-refractivity contribution in [2.45, 2.75) is 18.4 Å². The Hall–Kier alpha value is -1.87. The second kappa shape index (κ2) is 3.82. The zero-order valence-electron chi connectivity index (χ0n) is 9.86. The molecule has 92 valence electrons. The van der Waals surface area contributed by atoms with Crippen LogP contribution in [-0.2, 0) is 12.0 Å². The van der Waals surface area contributed by atoms with E-state index >= 15 is 0 Å². The molecule has 2 aromatic rings. The average Bonchev–Trinajstić information content (AvgIpc) is 2.68. The van der Waals surface area contributed by atoms with Gasteiger partial charge in [-0.25, -0.2) is 4.39 Å². The second-order valence-corrected chi connectivity index (χ2v) is 4.78. The maximum Gasteiger partial charge on any atom is 0.123 e. The quantitative estimate of drug-likeness (QED) is 0.756. The van der Waals surface area contributed by atoms with Gasteiger partial charge in [0.2, 0.25) is 0 Å². The highest BCUT2D eigenvalue weighted by atomic mass is 19.1. The first kappa shape index (κ1) is 11.2. The summed E-state index contributed by atoms with van der Waals surface area (Å²) < 4.78 is 12.9. The van der Waals surface area contributed by atoms with Crippen molar-refractivity contribution < 1.29 is 9.50 Å². The largest absolute Gasteiger partial charge is 0.399 e. The van der Waals surface area contributed by atoms with Crippen molar-refractivity contribution in [2.75, 3.05) is 5.73 Å². The van der Waals surface area contributed by atoms with E-state index in [1.54, 1.807) is 18.2 Å². The van der Waals surface area contributed by atoms with Gasteiger partial charge in [-0.15, -0.1) is 0 Å². The Morgan fingerprint density at radius 3 is 2.56 bits per heavy atom. The Morgan fingerprint density at radius 1 is 1.11 bits per heavy atom. The predicted molar refractivity (Wildman–Crippen MR) is 68.6 cm³/mol. The smallest absolute Gasteiger partial charge is 0.123 e. The van der Waals surface area contributed by atoms with Gasteiger partial charge in [-0.05, 0) is 53.8 Å². The molecule has 2 nitrogen and oxygen atoms in total. The van der Waals surface area contributed by atoms with E-state index in [0.29, 0.717) is 12.1 Å². The molecule has 0 aromatic heterocycles. The fourth-order valence-electron chi connectivity index (χ4n) is 2.70. The minimum Gasteiger partial charge on any atom is -0.399 e. The number of anilines is 1. The summed E-state index contributed by atoms with van der Waals surface area (Å²) >= 11 is 0. The molecule has 0 bridgehead atoms. The van der Waals surface area contributed by atoms with Crippen LogP contribution in [0.5, 0.6) is 0 Å². The Morgan fingerprint density at radius 2 is 1.83 bits per heavy atom. The van der Waals surface area contributed by atoms with E-state index < -0.39 is 5.60 Å². The van der Waals surface area contributed by atoms with Crippen molar-refractivity contribution in [3.8, 4) is 0 Å². The van der Waals surface area contributed by atoms with Crippen LogP contribution in [0.2, 0.25) is 0 Å². The molecule has 1 unspecified atom stereocenters. The van der Waals surface area contributed by atoms with Crippen LogP contribution in [0.4, 0.5) is 10.1 Å². The topological polar surface area (TPSA) is 46.2 Å². The zero-order chi connectivity index (χ0) is 12.8. The van der Waals surface area contributed by atoms with Gasteiger partial charge >= 0.3 is 0 Å². The lowest BCUT2D eigenvalue weighted by molar-refractivity contribution is 0.0829. The van der Waals surface area contributed by atoms with Crippen LogP contribution in [-0.4, -0.2) is 5.11 Å². The van der Waals surface area contributed by atoms with Gasteiger partial charge < -0.3 is 10.8 Å². The molecule has 0 aliphatic heterocycles. The molecule has 3 rings (SSSR count). The van der Waals surface area contributed by atoms with Gasteiger partial charge in [0, 0.05) is 5.69 Å². The van der Waals surface area contributed by atoms with Gasteiger partial charge in [-0.3, -0.25) is 0 Å². The molecule has 0 amide bonds. The Kier molecular flexibility index (Phi) is 2.38. The third kappa shape index (κ3) is 1.59. The van der Waals surface area contributed by atoms with Gasteiger partial charge in [-0.2, -0.15) is 0 Å². The maximum atomic E-state index is 12.9. The summed E-state index contributed by atoms with van der Waals surface area (Å²) in [5.74, 6) is -0.294. The first-order valence-corrected chi connectivity index (χ1v) is 5.97. The monoisotopic (exact) mass is 243 g/mol. The fourth-order valence-corrected chi connectivity index (χ4v) is 2.70. The first-order valence-electron chi connectivity index (χ1n) is 5.97. The van der Waals surface area contributed by atoms with Crippen molar-refractivity contribution >= 4 is 5.69 Å². The van der Waals surface area contributed by atoms with Gasteiger partial charge in [0.25, 0.3) is 0 Å². The minimum absolute atomic E-state index is 0.294. The van der Waals surface area contributed by atoms with Gasteiger partial charge in [-0.1, -0.05) is 18.2 Å². The first-order chi connectivity index (χ1) is 8.59. The molecule has 0 fully saturated rings. The molecule has 0 radical (unpaired) electrons. The van der Waals surface area contributed by atoms with Crippen LogP contribution in [0.15, 0.2) is 42.5 Å². The van der Waals surface area contributed by atoms with Crippen molar-refractivity contribution in [1.82, 2.24) is 0 Å². The SMILES string of the molecule is Nc1ccc2c(c1)CCC2(O)c1ccc(F)cc1. The minimum atomic E-state index is -1.02. The molecular weight excluding hydrogens is 229 g/mol. The molecule has 1 aliphatic carbocycles. The van der Waals surface area contributed by atoms with Crippen LogP contribution in [0.3, 0.4) is 0 Å². The van der Waals surface area contributed by atoms with E-state index in [0.717, 1.165) is 23.1 Å². The lowest BCUT2D eigenvalue weighted by Gasteiger charge is -2.24. The van der Waals surface area contributed by atoms with Crippen LogP contribution in [0.1, 0.15) is 23.1 Å². The summed E-state index contributed by atoms with van der Waals surface area (Å²) in [5.41, 5.74) is 8.11. The number of benzene rings is 2. The molecule has 0 saturated carbocycles. The Labute approximate surface area is 105 Å². The van der Waals surface area contributed by atoms with Crippen LogP contribution in [0, 0.1) is 5.82 Å². The molecule has 2 aromatic carbocycles.